The van der Waals surface area contributed by atoms with E-state index in [1.165, 1.54) is 11.1 Å². The molecule has 0 saturated heterocycles. The van der Waals surface area contributed by atoms with E-state index < -0.39 is 0 Å². The molecule has 0 unspecified atom stereocenters. The molecule has 0 saturated carbocycles. The molecule has 0 radical (unpaired) electrons. The molecule has 0 aromatic heterocycles. The first kappa shape index (κ1) is 12.1. The summed E-state index contributed by atoms with van der Waals surface area (Å²) in [5.74, 6) is 0. The molecule has 2 aromatic rings. The van der Waals surface area contributed by atoms with Crippen LogP contribution in [0, 0.1) is 13.8 Å². The molecule has 0 aliphatic heterocycles. The quantitative estimate of drug-likeness (QED) is 0.662. The van der Waals surface area contributed by atoms with Gasteiger partial charge in [0, 0.05) is 11.4 Å². The highest BCUT2D eigenvalue weighted by Crippen LogP contribution is 2.08. The number of para-hydroxylation sites is 1. The van der Waals surface area contributed by atoms with Crippen molar-refractivity contribution in [3.05, 3.63) is 59.7 Å². The molecule has 16 heavy (non-hydrogen) atoms. The second-order valence-electron chi connectivity index (χ2n) is 3.83. The van der Waals surface area contributed by atoms with Crippen LogP contribution in [0.3, 0.4) is 0 Å². The minimum atomic E-state index is 0.822. The largest absolute Gasteiger partial charge is 0.399 e. The maximum absolute atomic E-state index is 5.56. The van der Waals surface area contributed by atoms with Crippen LogP contribution in [0.15, 0.2) is 48.5 Å². The van der Waals surface area contributed by atoms with Gasteiger partial charge in [0.05, 0.1) is 0 Å². The summed E-state index contributed by atoms with van der Waals surface area (Å²) in [5.41, 5.74) is 15.1. The topological polar surface area (TPSA) is 52.0 Å². The normalized spacial score (nSPS) is 9.12. The van der Waals surface area contributed by atoms with Gasteiger partial charge in [-0.05, 0) is 49.2 Å². The lowest BCUT2D eigenvalue weighted by Gasteiger charge is -1.97. The van der Waals surface area contributed by atoms with Crippen molar-refractivity contribution in [3.63, 3.8) is 0 Å². The number of nitrogens with two attached hydrogens (primary N) is 2. The summed E-state index contributed by atoms with van der Waals surface area (Å²) < 4.78 is 0. The van der Waals surface area contributed by atoms with Crippen LogP contribution in [0.2, 0.25) is 0 Å². The number of anilines is 2. The molecule has 4 N–H and O–H groups in total. The fraction of sp³-hybridized carbons (Fsp3) is 0.143. The average molecular weight is 214 g/mol. The molecule has 0 aliphatic carbocycles. The second kappa shape index (κ2) is 5.81. The van der Waals surface area contributed by atoms with Crippen LogP contribution < -0.4 is 11.5 Å². The van der Waals surface area contributed by atoms with E-state index in [1.807, 2.05) is 56.3 Å². The third-order valence-electron chi connectivity index (χ3n) is 2.04. The van der Waals surface area contributed by atoms with Crippen molar-refractivity contribution in [2.24, 2.45) is 0 Å². The number of hydrogen-bond donors (Lipinski definition) is 2. The van der Waals surface area contributed by atoms with Gasteiger partial charge >= 0.3 is 0 Å². The van der Waals surface area contributed by atoms with Gasteiger partial charge in [-0.3, -0.25) is 0 Å². The van der Waals surface area contributed by atoms with Crippen LogP contribution in [0.1, 0.15) is 11.1 Å². The smallest absolute Gasteiger partial charge is 0.0319 e. The van der Waals surface area contributed by atoms with Crippen LogP contribution in [0.5, 0.6) is 0 Å². The van der Waals surface area contributed by atoms with Crippen molar-refractivity contribution >= 4 is 11.4 Å². The predicted molar refractivity (Wildman–Crippen MR) is 71.2 cm³/mol. The minimum absolute atomic E-state index is 0.822. The summed E-state index contributed by atoms with van der Waals surface area (Å²) in [6.07, 6.45) is 0. The Bertz CT molecular complexity index is 385. The molecule has 0 heterocycles. The highest BCUT2D eigenvalue weighted by Gasteiger charge is 1.87. The number of aryl methyl sites for hydroxylation is 2. The maximum atomic E-state index is 5.56. The van der Waals surface area contributed by atoms with E-state index in [0.29, 0.717) is 0 Å². The van der Waals surface area contributed by atoms with Gasteiger partial charge in [-0.2, -0.15) is 0 Å². The summed E-state index contributed by atoms with van der Waals surface area (Å²) in [4.78, 5) is 0. The zero-order chi connectivity index (χ0) is 12.0. The fourth-order valence-corrected chi connectivity index (χ4v) is 1.46. The molecule has 0 fully saturated rings. The zero-order valence-corrected chi connectivity index (χ0v) is 9.77. The van der Waals surface area contributed by atoms with Gasteiger partial charge in [0.15, 0.2) is 0 Å². The molecular formula is C14H18N2. The Hall–Kier alpha value is -1.96. The first-order valence-corrected chi connectivity index (χ1v) is 5.22. The Kier molecular flexibility index (Phi) is 4.40. The molecule has 2 nitrogen and oxygen atoms in total. The number of nitrogen functional groups attached to an aromatic ring is 2. The summed E-state index contributed by atoms with van der Waals surface area (Å²) >= 11 is 0. The van der Waals surface area contributed by atoms with E-state index >= 15 is 0 Å². The van der Waals surface area contributed by atoms with Gasteiger partial charge in [-0.1, -0.05) is 24.3 Å². The molecule has 0 aliphatic rings. The third kappa shape index (κ3) is 4.51. The van der Waals surface area contributed by atoms with Crippen LogP contribution in [0.25, 0.3) is 0 Å². The molecule has 2 heteroatoms. The molecule has 0 spiro atoms. The van der Waals surface area contributed by atoms with Crippen molar-refractivity contribution < 1.29 is 0 Å². The molecule has 0 amide bonds. The van der Waals surface area contributed by atoms with E-state index in [4.69, 9.17) is 11.5 Å². The summed E-state index contributed by atoms with van der Waals surface area (Å²) in [6, 6.07) is 15.5. The Morgan fingerprint density at radius 2 is 1.19 bits per heavy atom. The lowest BCUT2D eigenvalue weighted by Crippen LogP contribution is -1.86. The monoisotopic (exact) mass is 214 g/mol. The van der Waals surface area contributed by atoms with Gasteiger partial charge in [0.1, 0.15) is 0 Å². The number of hydrogen-bond acceptors (Lipinski definition) is 2. The number of benzene rings is 2. The van der Waals surface area contributed by atoms with Crippen LogP contribution in [-0.2, 0) is 0 Å². The summed E-state index contributed by atoms with van der Waals surface area (Å²) in [7, 11) is 0. The zero-order valence-electron chi connectivity index (χ0n) is 9.77. The van der Waals surface area contributed by atoms with Crippen molar-refractivity contribution in [2.75, 3.05) is 11.5 Å². The highest BCUT2D eigenvalue weighted by atomic mass is 14.5. The SMILES string of the molecule is Cc1cc(C)cc(N)c1.Nc1ccccc1. The highest BCUT2D eigenvalue weighted by molar-refractivity contribution is 5.43. The Morgan fingerprint density at radius 3 is 1.50 bits per heavy atom. The third-order valence-corrected chi connectivity index (χ3v) is 2.04. The molecule has 2 aromatic carbocycles. The van der Waals surface area contributed by atoms with Gasteiger partial charge in [-0.25, -0.2) is 0 Å². The van der Waals surface area contributed by atoms with Crippen LogP contribution in [-0.4, -0.2) is 0 Å². The van der Waals surface area contributed by atoms with Crippen molar-refractivity contribution in [2.45, 2.75) is 13.8 Å². The molecule has 2 rings (SSSR count). The average Bonchev–Trinajstić information content (AvgIpc) is 2.17. The molecular weight excluding hydrogens is 196 g/mol. The molecule has 0 bridgehead atoms. The summed E-state index contributed by atoms with van der Waals surface area (Å²) in [5, 5.41) is 0. The van der Waals surface area contributed by atoms with Gasteiger partial charge in [0.2, 0.25) is 0 Å². The predicted octanol–water partition coefficient (Wildman–Crippen LogP) is 3.15. The maximum Gasteiger partial charge on any atom is 0.0319 e. The van der Waals surface area contributed by atoms with Crippen molar-refractivity contribution in [1.82, 2.24) is 0 Å². The van der Waals surface area contributed by atoms with E-state index in [1.54, 1.807) is 0 Å². The van der Waals surface area contributed by atoms with Crippen LogP contribution >= 0.6 is 0 Å². The first-order valence-electron chi connectivity index (χ1n) is 5.22. The summed E-state index contributed by atoms with van der Waals surface area (Å²) in [6.45, 7) is 4.09. The van der Waals surface area contributed by atoms with Crippen LogP contribution in [0.4, 0.5) is 11.4 Å². The minimum Gasteiger partial charge on any atom is -0.399 e. The lowest BCUT2D eigenvalue weighted by molar-refractivity contribution is 1.39. The Labute approximate surface area is 96.9 Å². The Morgan fingerprint density at radius 1 is 0.688 bits per heavy atom. The number of rotatable bonds is 0. The standard InChI is InChI=1S/C8H11N.C6H7N/c1-6-3-7(2)5-8(9)4-6;7-6-4-2-1-3-5-6/h3-5H,9H2,1-2H3;1-5H,7H2. The second-order valence-corrected chi connectivity index (χ2v) is 3.83. The fourth-order valence-electron chi connectivity index (χ4n) is 1.46. The van der Waals surface area contributed by atoms with Gasteiger partial charge in [-0.15, -0.1) is 0 Å². The van der Waals surface area contributed by atoms with E-state index in [2.05, 4.69) is 6.07 Å². The van der Waals surface area contributed by atoms with E-state index in [9.17, 15) is 0 Å². The van der Waals surface area contributed by atoms with Crippen molar-refractivity contribution in [3.8, 4) is 0 Å². The first-order chi connectivity index (χ1) is 7.58. The van der Waals surface area contributed by atoms with Gasteiger partial charge < -0.3 is 11.5 Å². The van der Waals surface area contributed by atoms with Gasteiger partial charge in [0.25, 0.3) is 0 Å². The van der Waals surface area contributed by atoms with Crippen molar-refractivity contribution in [1.29, 1.82) is 0 Å². The lowest BCUT2D eigenvalue weighted by atomic mass is 10.1. The molecule has 84 valence electrons. The molecule has 0 atom stereocenters. The Balaban J connectivity index is 0.000000165. The van der Waals surface area contributed by atoms with E-state index in [-0.39, 0.29) is 0 Å². The van der Waals surface area contributed by atoms with E-state index in [0.717, 1.165) is 11.4 Å².